The molecule has 0 amide bonds. The van der Waals surface area contributed by atoms with Gasteiger partial charge in [0.1, 0.15) is 0 Å². The van der Waals surface area contributed by atoms with Gasteiger partial charge in [0, 0.05) is 34.8 Å². The molecule has 29 heavy (non-hydrogen) atoms. The fourth-order valence-corrected chi connectivity index (χ4v) is 4.25. The first-order valence-electron chi connectivity index (χ1n) is 9.05. The normalized spacial score (nSPS) is 17.5. The molecule has 0 unspecified atom stereocenters. The van der Waals surface area contributed by atoms with Crippen molar-refractivity contribution < 1.29 is 14.4 Å². The lowest BCUT2D eigenvalue weighted by Crippen LogP contribution is -2.29. The zero-order valence-corrected chi connectivity index (χ0v) is 16.3. The summed E-state index contributed by atoms with van der Waals surface area (Å²) >= 11 is 1.52. The van der Waals surface area contributed by atoms with Gasteiger partial charge in [-0.05, 0) is 43.2 Å². The van der Waals surface area contributed by atoms with Crippen LogP contribution in [0.5, 0.6) is 11.5 Å². The van der Waals surface area contributed by atoms with E-state index in [1.807, 2.05) is 22.5 Å². The number of anilines is 1. The lowest BCUT2D eigenvalue weighted by molar-refractivity contribution is -0.384. The molecule has 3 heterocycles. The van der Waals surface area contributed by atoms with Crippen LogP contribution in [-0.2, 0) is 6.42 Å². The summed E-state index contributed by atoms with van der Waals surface area (Å²) in [4.78, 5) is 15.1. The highest BCUT2D eigenvalue weighted by molar-refractivity contribution is 7.13. The summed E-state index contributed by atoms with van der Waals surface area (Å²) in [5, 5.41) is 20.6. The summed E-state index contributed by atoms with van der Waals surface area (Å²) in [6, 6.07) is 10.4. The van der Waals surface area contributed by atoms with Crippen LogP contribution in [0.4, 0.5) is 10.8 Å². The van der Waals surface area contributed by atoms with Gasteiger partial charge in [-0.15, -0.1) is 11.3 Å². The highest BCUT2D eigenvalue weighted by Crippen LogP contribution is 2.38. The summed E-state index contributed by atoms with van der Waals surface area (Å²) < 4.78 is 11.1. The molecule has 146 valence electrons. The molecule has 0 fully saturated rings. The van der Waals surface area contributed by atoms with Crippen molar-refractivity contribution in [3.63, 3.8) is 0 Å². The summed E-state index contributed by atoms with van der Waals surface area (Å²) in [5.74, 6) is 1.40. The van der Waals surface area contributed by atoms with E-state index in [1.165, 1.54) is 23.5 Å². The summed E-state index contributed by atoms with van der Waals surface area (Å²) in [5.41, 5.74) is 3.55. The molecule has 0 aliphatic carbocycles. The predicted octanol–water partition coefficient (Wildman–Crippen LogP) is 3.98. The van der Waals surface area contributed by atoms with Gasteiger partial charge in [0.15, 0.2) is 11.5 Å². The molecule has 5 rings (SSSR count). The molecule has 2 aromatic carbocycles. The van der Waals surface area contributed by atoms with Gasteiger partial charge in [0.2, 0.25) is 11.9 Å². The van der Waals surface area contributed by atoms with Crippen LogP contribution in [0.1, 0.15) is 23.6 Å². The van der Waals surface area contributed by atoms with Crippen molar-refractivity contribution in [1.29, 1.82) is 0 Å². The number of hydrogen-bond acceptors (Lipinski definition) is 8. The first-order chi connectivity index (χ1) is 14.1. The van der Waals surface area contributed by atoms with E-state index in [-0.39, 0.29) is 18.5 Å². The largest absolute Gasteiger partial charge is 0.454 e. The fourth-order valence-electron chi connectivity index (χ4n) is 3.55. The Morgan fingerprint density at radius 3 is 2.66 bits per heavy atom. The molecular weight excluding hydrogens is 392 g/mol. The van der Waals surface area contributed by atoms with Crippen LogP contribution in [0.2, 0.25) is 0 Å². The van der Waals surface area contributed by atoms with E-state index >= 15 is 0 Å². The summed E-state index contributed by atoms with van der Waals surface area (Å²) in [6.45, 7) is 2.29. The van der Waals surface area contributed by atoms with Crippen molar-refractivity contribution in [2.45, 2.75) is 19.4 Å². The van der Waals surface area contributed by atoms with Gasteiger partial charge in [-0.3, -0.25) is 10.1 Å². The van der Waals surface area contributed by atoms with Crippen LogP contribution < -0.4 is 14.5 Å². The van der Waals surface area contributed by atoms with Crippen LogP contribution in [0.15, 0.2) is 53.1 Å². The SMILES string of the molecule is C[C@H]1Cc2cc3c(cc2C(c2ccc([N+](=O)[O-])cc2)=NN1c1nccs1)OCO3. The Kier molecular flexibility index (Phi) is 4.17. The van der Waals surface area contributed by atoms with Gasteiger partial charge in [0.05, 0.1) is 16.7 Å². The fraction of sp³-hybridized carbons (Fsp3) is 0.200. The van der Waals surface area contributed by atoms with Gasteiger partial charge < -0.3 is 9.47 Å². The minimum atomic E-state index is -0.408. The Morgan fingerprint density at radius 1 is 1.21 bits per heavy atom. The molecule has 8 nitrogen and oxygen atoms in total. The lowest BCUT2D eigenvalue weighted by Gasteiger charge is -2.22. The average Bonchev–Trinajstić information content (AvgIpc) is 3.38. The number of ether oxygens (including phenoxy) is 2. The number of non-ortho nitro benzene ring substituents is 1. The molecule has 0 saturated heterocycles. The maximum absolute atomic E-state index is 11.1. The monoisotopic (exact) mass is 408 g/mol. The number of hydrazone groups is 1. The van der Waals surface area contributed by atoms with Gasteiger partial charge in [-0.1, -0.05) is 0 Å². The third-order valence-corrected chi connectivity index (χ3v) is 5.72. The third kappa shape index (κ3) is 3.09. The first-order valence-corrected chi connectivity index (χ1v) is 9.93. The number of hydrogen-bond donors (Lipinski definition) is 0. The van der Waals surface area contributed by atoms with Crippen molar-refractivity contribution in [3.05, 3.63) is 74.8 Å². The molecule has 9 heteroatoms. The van der Waals surface area contributed by atoms with Crippen molar-refractivity contribution in [3.8, 4) is 11.5 Å². The maximum atomic E-state index is 11.1. The van der Waals surface area contributed by atoms with E-state index in [0.717, 1.165) is 34.0 Å². The molecule has 0 radical (unpaired) electrons. The zero-order valence-electron chi connectivity index (χ0n) is 15.4. The van der Waals surface area contributed by atoms with Crippen molar-refractivity contribution in [1.82, 2.24) is 4.98 Å². The molecule has 2 aliphatic rings. The molecule has 2 aliphatic heterocycles. The van der Waals surface area contributed by atoms with E-state index in [1.54, 1.807) is 18.3 Å². The van der Waals surface area contributed by atoms with Gasteiger partial charge in [-0.25, -0.2) is 9.99 Å². The molecule has 0 saturated carbocycles. The highest BCUT2D eigenvalue weighted by atomic mass is 32.1. The number of fused-ring (bicyclic) bond motifs is 2. The van der Waals surface area contributed by atoms with Crippen LogP contribution in [0.3, 0.4) is 0 Å². The van der Waals surface area contributed by atoms with Gasteiger partial charge in [-0.2, -0.15) is 5.10 Å². The van der Waals surface area contributed by atoms with Crippen LogP contribution in [0, 0.1) is 10.1 Å². The maximum Gasteiger partial charge on any atom is 0.269 e. The van der Waals surface area contributed by atoms with Crippen LogP contribution in [0.25, 0.3) is 0 Å². The Hall–Kier alpha value is -3.46. The number of rotatable bonds is 3. The van der Waals surface area contributed by atoms with E-state index < -0.39 is 4.92 Å². The highest BCUT2D eigenvalue weighted by Gasteiger charge is 2.28. The number of thiazole rings is 1. The Labute approximate surface area is 170 Å². The molecule has 1 atom stereocenters. The molecular formula is C20H16N4O4S. The van der Waals surface area contributed by atoms with Crippen molar-refractivity contribution in [2.75, 3.05) is 11.8 Å². The second-order valence-corrected chi connectivity index (χ2v) is 7.70. The number of aromatic nitrogens is 1. The molecule has 0 bridgehead atoms. The first kappa shape index (κ1) is 17.6. The summed E-state index contributed by atoms with van der Waals surface area (Å²) in [6.07, 6.45) is 2.49. The summed E-state index contributed by atoms with van der Waals surface area (Å²) in [7, 11) is 0. The van der Waals surface area contributed by atoms with Crippen LogP contribution in [-0.4, -0.2) is 28.5 Å². The third-order valence-electron chi connectivity index (χ3n) is 4.96. The van der Waals surface area contributed by atoms with Crippen molar-refractivity contribution >= 4 is 27.9 Å². The zero-order chi connectivity index (χ0) is 20.0. The quantitative estimate of drug-likeness (QED) is 0.481. The Bertz CT molecular complexity index is 1110. The smallest absolute Gasteiger partial charge is 0.269 e. The predicted molar refractivity (Wildman–Crippen MR) is 109 cm³/mol. The number of nitro groups is 1. The minimum absolute atomic E-state index is 0.0408. The second-order valence-electron chi connectivity index (χ2n) is 6.83. The van der Waals surface area contributed by atoms with Gasteiger partial charge >= 0.3 is 0 Å². The van der Waals surface area contributed by atoms with Crippen molar-refractivity contribution in [2.24, 2.45) is 5.10 Å². The number of nitro benzene ring substituents is 1. The standard InChI is InChI=1S/C20H16N4O4S/c1-12-8-14-9-17-18(28-11-27-17)10-16(14)19(22-23(12)20-21-6-7-29-20)13-2-4-15(5-3-13)24(25)26/h2-7,9-10,12H,8,11H2,1H3/t12-/m0/s1. The Balaban J connectivity index is 1.69. The molecule has 3 aromatic rings. The topological polar surface area (TPSA) is 90.1 Å². The number of benzene rings is 2. The molecule has 0 spiro atoms. The minimum Gasteiger partial charge on any atom is -0.454 e. The van der Waals surface area contributed by atoms with E-state index in [4.69, 9.17) is 14.6 Å². The second kappa shape index (κ2) is 6.85. The molecule has 0 N–H and O–H groups in total. The van der Waals surface area contributed by atoms with E-state index in [9.17, 15) is 10.1 Å². The van der Waals surface area contributed by atoms with Gasteiger partial charge in [0.25, 0.3) is 5.69 Å². The number of nitrogens with zero attached hydrogens (tertiary/aromatic N) is 4. The van der Waals surface area contributed by atoms with E-state index in [2.05, 4.69) is 11.9 Å². The average molecular weight is 408 g/mol. The van der Waals surface area contributed by atoms with E-state index in [0.29, 0.717) is 11.5 Å². The molecule has 1 aromatic heterocycles. The van der Waals surface area contributed by atoms with Crippen LogP contribution >= 0.6 is 11.3 Å². The Morgan fingerprint density at radius 2 is 1.97 bits per heavy atom. The lowest BCUT2D eigenvalue weighted by atomic mass is 9.94.